The number of carboxylic acids is 1. The smallest absolute Gasteiger partial charge is 0.311 e. The van der Waals surface area contributed by atoms with E-state index in [1.807, 2.05) is 6.07 Å². The second-order valence-electron chi connectivity index (χ2n) is 7.57. The maximum atomic E-state index is 12.9. The molecule has 0 spiro atoms. The quantitative estimate of drug-likeness (QED) is 0.831. The van der Waals surface area contributed by atoms with E-state index in [1.165, 1.54) is 0 Å². The molecule has 0 radical (unpaired) electrons. The van der Waals surface area contributed by atoms with Crippen LogP contribution in [0.4, 0.5) is 5.69 Å². The first-order valence-electron chi connectivity index (χ1n) is 9.56. The number of likely N-dealkylation sites (tertiary alicyclic amines) is 1. The van der Waals surface area contributed by atoms with E-state index in [-0.39, 0.29) is 24.3 Å². The van der Waals surface area contributed by atoms with Crippen molar-refractivity contribution in [1.29, 1.82) is 0 Å². The van der Waals surface area contributed by atoms with E-state index < -0.39 is 11.4 Å². The molecule has 2 aliphatic heterocycles. The maximum Gasteiger partial charge on any atom is 0.311 e. The van der Waals surface area contributed by atoms with Crippen LogP contribution in [-0.2, 0) is 9.53 Å². The van der Waals surface area contributed by atoms with Crippen LogP contribution in [0.2, 0.25) is 0 Å². The minimum absolute atomic E-state index is 0.192. The minimum atomic E-state index is -0.919. The number of amides is 2. The third kappa shape index (κ3) is 3.61. The van der Waals surface area contributed by atoms with Crippen LogP contribution < -0.4 is 5.32 Å². The molecular formula is C22H22N2O5. The van der Waals surface area contributed by atoms with Gasteiger partial charge in [-0.25, -0.2) is 0 Å². The van der Waals surface area contributed by atoms with Crippen molar-refractivity contribution in [3.8, 4) is 0 Å². The lowest BCUT2D eigenvalue weighted by atomic mass is 9.74. The SMILES string of the molecule is O=C(Nc1ccc(C(=O)N2C[C@H]3COCC[C@@]3(C(=O)O)C2)cc1)c1ccccc1. The van der Waals surface area contributed by atoms with Crippen LogP contribution in [-0.4, -0.2) is 54.1 Å². The Morgan fingerprint density at radius 3 is 2.41 bits per heavy atom. The highest BCUT2D eigenvalue weighted by Crippen LogP contribution is 2.42. The molecule has 2 fully saturated rings. The number of hydrogen-bond donors (Lipinski definition) is 2. The lowest BCUT2D eigenvalue weighted by Gasteiger charge is -2.33. The second-order valence-corrected chi connectivity index (χ2v) is 7.57. The number of aliphatic carboxylic acids is 1. The highest BCUT2D eigenvalue weighted by molar-refractivity contribution is 6.04. The molecule has 2 saturated heterocycles. The zero-order valence-corrected chi connectivity index (χ0v) is 15.8. The first-order chi connectivity index (χ1) is 14.0. The van der Waals surface area contributed by atoms with Crippen LogP contribution in [0.1, 0.15) is 27.1 Å². The standard InChI is InChI=1S/C22H22N2O5/c25-19(15-4-2-1-3-5-15)23-18-8-6-16(7-9-18)20(26)24-12-17-13-29-11-10-22(17,14-24)21(27)28/h1-9,17H,10-14H2,(H,23,25)(H,27,28)/t17-,22+/m0/s1. The van der Waals surface area contributed by atoms with Crippen molar-refractivity contribution in [2.45, 2.75) is 6.42 Å². The summed E-state index contributed by atoms with van der Waals surface area (Å²) in [5.74, 6) is -1.49. The van der Waals surface area contributed by atoms with E-state index in [4.69, 9.17) is 4.74 Å². The Balaban J connectivity index is 1.45. The molecule has 7 nitrogen and oxygen atoms in total. The Kier molecular flexibility index (Phi) is 5.07. The van der Waals surface area contributed by atoms with Crippen molar-refractivity contribution >= 4 is 23.5 Å². The molecule has 2 N–H and O–H groups in total. The molecule has 2 aliphatic rings. The summed E-state index contributed by atoms with van der Waals surface area (Å²) in [4.78, 5) is 38.6. The van der Waals surface area contributed by atoms with Gasteiger partial charge >= 0.3 is 5.97 Å². The largest absolute Gasteiger partial charge is 0.481 e. The van der Waals surface area contributed by atoms with Crippen molar-refractivity contribution in [2.24, 2.45) is 11.3 Å². The first-order valence-corrected chi connectivity index (χ1v) is 9.56. The van der Waals surface area contributed by atoms with Crippen molar-refractivity contribution in [3.05, 3.63) is 65.7 Å². The van der Waals surface area contributed by atoms with Crippen LogP contribution in [0, 0.1) is 11.3 Å². The fraction of sp³-hybridized carbons (Fsp3) is 0.318. The summed E-state index contributed by atoms with van der Waals surface area (Å²) in [5, 5.41) is 12.5. The Morgan fingerprint density at radius 2 is 1.76 bits per heavy atom. The normalized spacial score (nSPS) is 23.3. The molecule has 7 heteroatoms. The van der Waals surface area contributed by atoms with Crippen LogP contribution in [0.5, 0.6) is 0 Å². The number of fused-ring (bicyclic) bond motifs is 1. The lowest BCUT2D eigenvalue weighted by Crippen LogP contribution is -2.45. The number of rotatable bonds is 4. The van der Waals surface area contributed by atoms with Crippen molar-refractivity contribution in [3.63, 3.8) is 0 Å². The van der Waals surface area contributed by atoms with E-state index in [2.05, 4.69) is 5.32 Å². The Morgan fingerprint density at radius 1 is 1.03 bits per heavy atom. The maximum absolute atomic E-state index is 12.9. The number of nitrogens with one attached hydrogen (secondary N) is 1. The molecule has 4 rings (SSSR count). The van der Waals surface area contributed by atoms with Gasteiger partial charge in [0, 0.05) is 42.4 Å². The fourth-order valence-electron chi connectivity index (χ4n) is 4.13. The van der Waals surface area contributed by atoms with E-state index in [1.54, 1.807) is 53.4 Å². The second kappa shape index (κ2) is 7.67. The highest BCUT2D eigenvalue weighted by atomic mass is 16.5. The van der Waals surface area contributed by atoms with Gasteiger partial charge in [0.05, 0.1) is 12.0 Å². The van der Waals surface area contributed by atoms with Gasteiger partial charge in [0.15, 0.2) is 0 Å². The van der Waals surface area contributed by atoms with Gasteiger partial charge in [-0.3, -0.25) is 14.4 Å². The van der Waals surface area contributed by atoms with Crippen molar-refractivity contribution < 1.29 is 24.2 Å². The molecule has 150 valence electrons. The van der Waals surface area contributed by atoms with Crippen LogP contribution in [0.3, 0.4) is 0 Å². The van der Waals surface area contributed by atoms with Gasteiger partial charge in [0.1, 0.15) is 0 Å². The molecule has 2 aromatic rings. The third-order valence-electron chi connectivity index (χ3n) is 5.85. The number of carboxylic acid groups (broad SMARTS) is 1. The van der Waals surface area contributed by atoms with E-state index in [9.17, 15) is 19.5 Å². The van der Waals surface area contributed by atoms with Crippen molar-refractivity contribution in [2.75, 3.05) is 31.6 Å². The summed E-state index contributed by atoms with van der Waals surface area (Å²) in [5.41, 5.74) is 0.676. The summed E-state index contributed by atoms with van der Waals surface area (Å²) in [6, 6.07) is 15.5. The van der Waals surface area contributed by atoms with E-state index >= 15 is 0 Å². The van der Waals surface area contributed by atoms with Crippen LogP contribution in [0.25, 0.3) is 0 Å². The summed E-state index contributed by atoms with van der Waals surface area (Å²) in [7, 11) is 0. The topological polar surface area (TPSA) is 95.9 Å². The summed E-state index contributed by atoms with van der Waals surface area (Å²) in [6.07, 6.45) is 0.418. The monoisotopic (exact) mass is 394 g/mol. The molecule has 0 saturated carbocycles. The molecule has 29 heavy (non-hydrogen) atoms. The van der Waals surface area contributed by atoms with Gasteiger partial charge in [0.25, 0.3) is 11.8 Å². The summed E-state index contributed by atoms with van der Waals surface area (Å²) >= 11 is 0. The van der Waals surface area contributed by atoms with E-state index in [0.717, 1.165) is 0 Å². The lowest BCUT2D eigenvalue weighted by molar-refractivity contribution is -0.157. The molecule has 2 amide bonds. The van der Waals surface area contributed by atoms with Crippen molar-refractivity contribution in [1.82, 2.24) is 4.90 Å². The number of benzene rings is 2. The van der Waals surface area contributed by atoms with Gasteiger partial charge in [-0.05, 0) is 42.8 Å². The van der Waals surface area contributed by atoms with Gasteiger partial charge in [-0.2, -0.15) is 0 Å². The first kappa shape index (κ1) is 19.1. The third-order valence-corrected chi connectivity index (χ3v) is 5.85. The highest BCUT2D eigenvalue weighted by Gasteiger charge is 2.54. The summed E-state index contributed by atoms with van der Waals surface area (Å²) in [6.45, 7) is 1.33. The number of nitrogens with zero attached hydrogens (tertiary/aromatic N) is 1. The molecule has 0 aromatic heterocycles. The average Bonchev–Trinajstić information content (AvgIpc) is 3.16. The van der Waals surface area contributed by atoms with Gasteiger partial charge in [-0.1, -0.05) is 18.2 Å². The minimum Gasteiger partial charge on any atom is -0.481 e. The molecular weight excluding hydrogens is 372 g/mol. The van der Waals surface area contributed by atoms with Gasteiger partial charge in [0.2, 0.25) is 0 Å². The number of anilines is 1. The number of ether oxygens (including phenoxy) is 1. The average molecular weight is 394 g/mol. The number of carbonyl (C=O) groups is 3. The Hall–Kier alpha value is -3.19. The van der Waals surface area contributed by atoms with E-state index in [0.29, 0.717) is 43.0 Å². The zero-order valence-electron chi connectivity index (χ0n) is 15.8. The molecule has 0 aliphatic carbocycles. The summed E-state index contributed by atoms with van der Waals surface area (Å²) < 4.78 is 5.44. The van der Waals surface area contributed by atoms with Gasteiger partial charge < -0.3 is 20.1 Å². The number of carbonyl (C=O) groups excluding carboxylic acids is 2. The molecule has 2 aromatic carbocycles. The Bertz CT molecular complexity index is 928. The van der Waals surface area contributed by atoms with Crippen LogP contribution in [0.15, 0.2) is 54.6 Å². The molecule has 2 heterocycles. The fourth-order valence-corrected chi connectivity index (χ4v) is 4.13. The number of hydrogen-bond acceptors (Lipinski definition) is 4. The predicted octanol–water partition coefficient (Wildman–Crippen LogP) is 2.50. The van der Waals surface area contributed by atoms with Crippen LogP contribution >= 0.6 is 0 Å². The van der Waals surface area contributed by atoms with Gasteiger partial charge in [-0.15, -0.1) is 0 Å². The molecule has 0 bridgehead atoms. The predicted molar refractivity (Wildman–Crippen MR) is 106 cm³/mol. The molecule has 2 atom stereocenters. The molecule has 0 unspecified atom stereocenters. The zero-order chi connectivity index (χ0) is 20.4. The Labute approximate surface area is 168 Å².